The van der Waals surface area contributed by atoms with E-state index in [4.69, 9.17) is 23.7 Å². The largest absolute Gasteiger partial charge is 0.493 e. The highest BCUT2D eigenvalue weighted by Crippen LogP contribution is 2.41. The highest BCUT2D eigenvalue weighted by molar-refractivity contribution is 6.06. The number of amides is 1. The lowest BCUT2D eigenvalue weighted by atomic mass is 10.1. The lowest BCUT2D eigenvalue weighted by Crippen LogP contribution is -2.16. The molecule has 3 aromatic carbocycles. The Kier molecular flexibility index (Phi) is 8.61. The van der Waals surface area contributed by atoms with Crippen LogP contribution in [0.25, 0.3) is 0 Å². The first-order valence-corrected chi connectivity index (χ1v) is 13.6. The standard InChI is InChI=1S/C32H34N4O6/c1-19-9-8-10-20(2)28(19)35-30(37)23-17-33-32(34-22-15-26(38-3)29(40-5)27(16-22)39-4)36-31(23)42-25-12-7-6-11-24(25)41-18-21-13-14-21/h6-12,15-17,21H,13-14,18H2,1-5H3,(H,35,37)(H,33,34,36). The number of hydrogen-bond acceptors (Lipinski definition) is 9. The second kappa shape index (κ2) is 12.7. The van der Waals surface area contributed by atoms with Crippen molar-refractivity contribution in [2.75, 3.05) is 38.6 Å². The highest BCUT2D eigenvalue weighted by atomic mass is 16.5. The third-order valence-corrected chi connectivity index (χ3v) is 6.87. The number of benzene rings is 3. The van der Waals surface area contributed by atoms with Crippen LogP contribution in [0.1, 0.15) is 34.3 Å². The summed E-state index contributed by atoms with van der Waals surface area (Å²) in [6.07, 6.45) is 3.75. The number of methoxy groups -OCH3 is 3. The predicted molar refractivity (Wildman–Crippen MR) is 160 cm³/mol. The van der Waals surface area contributed by atoms with E-state index in [0.29, 0.717) is 47.0 Å². The number of nitrogens with one attached hydrogen (secondary N) is 2. The molecular weight excluding hydrogens is 536 g/mol. The summed E-state index contributed by atoms with van der Waals surface area (Å²) in [7, 11) is 4.61. The summed E-state index contributed by atoms with van der Waals surface area (Å²) in [5.74, 6) is 2.80. The van der Waals surface area contributed by atoms with E-state index in [1.54, 1.807) is 18.2 Å². The van der Waals surface area contributed by atoms with Crippen LogP contribution < -0.4 is 34.3 Å². The Balaban J connectivity index is 1.50. The Morgan fingerprint density at radius 3 is 2.17 bits per heavy atom. The fourth-order valence-electron chi connectivity index (χ4n) is 4.38. The normalized spacial score (nSPS) is 12.3. The van der Waals surface area contributed by atoms with Crippen molar-refractivity contribution in [3.63, 3.8) is 0 Å². The van der Waals surface area contributed by atoms with E-state index in [9.17, 15) is 4.79 Å². The number of aromatic nitrogens is 2. The second-order valence-corrected chi connectivity index (χ2v) is 9.98. The maximum atomic E-state index is 13.6. The Morgan fingerprint density at radius 1 is 0.881 bits per heavy atom. The maximum Gasteiger partial charge on any atom is 0.262 e. The first-order chi connectivity index (χ1) is 20.4. The molecule has 1 aliphatic rings. The van der Waals surface area contributed by atoms with Gasteiger partial charge in [-0.25, -0.2) is 4.98 Å². The van der Waals surface area contributed by atoms with Crippen LogP contribution in [0.4, 0.5) is 17.3 Å². The molecule has 1 fully saturated rings. The van der Waals surface area contributed by atoms with E-state index in [1.807, 2.05) is 50.2 Å². The molecule has 10 nitrogen and oxygen atoms in total. The zero-order chi connectivity index (χ0) is 29.6. The van der Waals surface area contributed by atoms with Crippen molar-refractivity contribution in [1.29, 1.82) is 0 Å². The van der Waals surface area contributed by atoms with E-state index in [1.165, 1.54) is 27.5 Å². The van der Waals surface area contributed by atoms with E-state index in [0.717, 1.165) is 29.7 Å². The summed E-state index contributed by atoms with van der Waals surface area (Å²) >= 11 is 0. The molecule has 2 N–H and O–H groups in total. The van der Waals surface area contributed by atoms with Crippen LogP contribution in [0.5, 0.6) is 34.6 Å². The van der Waals surface area contributed by atoms with Crippen molar-refractivity contribution in [3.8, 4) is 34.6 Å². The van der Waals surface area contributed by atoms with Gasteiger partial charge in [-0.1, -0.05) is 30.3 Å². The lowest BCUT2D eigenvalue weighted by Gasteiger charge is -2.17. The number of aryl methyl sites for hydroxylation is 2. The first kappa shape index (κ1) is 28.5. The average molecular weight is 571 g/mol. The molecule has 1 saturated carbocycles. The van der Waals surface area contributed by atoms with Gasteiger partial charge in [0.1, 0.15) is 5.56 Å². The number of rotatable bonds is 12. The molecule has 1 heterocycles. The average Bonchev–Trinajstić information content (AvgIpc) is 3.83. The van der Waals surface area contributed by atoms with Gasteiger partial charge in [0.25, 0.3) is 5.91 Å². The molecule has 1 amide bonds. The molecule has 1 aromatic heterocycles. The second-order valence-electron chi connectivity index (χ2n) is 9.98. The predicted octanol–water partition coefficient (Wildman–Crippen LogP) is 6.70. The van der Waals surface area contributed by atoms with Gasteiger partial charge in [0.05, 0.1) is 27.9 Å². The van der Waals surface area contributed by atoms with E-state index >= 15 is 0 Å². The summed E-state index contributed by atoms with van der Waals surface area (Å²) in [4.78, 5) is 22.6. The van der Waals surface area contributed by atoms with Gasteiger partial charge in [0, 0.05) is 29.7 Å². The van der Waals surface area contributed by atoms with Gasteiger partial charge < -0.3 is 34.3 Å². The summed E-state index contributed by atoms with van der Waals surface area (Å²) in [6, 6.07) is 16.6. The highest BCUT2D eigenvalue weighted by Gasteiger charge is 2.24. The van der Waals surface area contributed by atoms with Gasteiger partial charge in [0.2, 0.25) is 17.6 Å². The number of anilines is 3. The van der Waals surface area contributed by atoms with Gasteiger partial charge in [-0.3, -0.25) is 4.79 Å². The summed E-state index contributed by atoms with van der Waals surface area (Å²) in [6.45, 7) is 4.49. The molecule has 4 aromatic rings. The van der Waals surface area contributed by atoms with E-state index in [2.05, 4.69) is 20.6 Å². The molecule has 0 atom stereocenters. The Morgan fingerprint density at radius 2 is 1.55 bits per heavy atom. The van der Waals surface area contributed by atoms with Crippen LogP contribution in [0.15, 0.2) is 60.8 Å². The van der Waals surface area contributed by atoms with Crippen LogP contribution in [-0.2, 0) is 0 Å². The molecule has 0 aliphatic heterocycles. The van der Waals surface area contributed by atoms with Gasteiger partial charge >= 0.3 is 0 Å². The molecule has 0 radical (unpaired) electrons. The topological polar surface area (TPSA) is 113 Å². The van der Waals surface area contributed by atoms with Crippen molar-refractivity contribution in [3.05, 3.63) is 77.5 Å². The van der Waals surface area contributed by atoms with E-state index in [-0.39, 0.29) is 17.4 Å². The van der Waals surface area contributed by atoms with Gasteiger partial charge in [-0.05, 0) is 55.9 Å². The molecule has 0 bridgehead atoms. The monoisotopic (exact) mass is 570 g/mol. The van der Waals surface area contributed by atoms with Crippen LogP contribution >= 0.6 is 0 Å². The molecule has 0 saturated heterocycles. The smallest absolute Gasteiger partial charge is 0.262 e. The Bertz CT molecular complexity index is 1540. The lowest BCUT2D eigenvalue weighted by molar-refractivity contribution is 0.102. The third kappa shape index (κ3) is 6.49. The number of carbonyl (C=O) groups excluding carboxylic acids is 1. The molecule has 1 aliphatic carbocycles. The van der Waals surface area contributed by atoms with Gasteiger partial charge in [0.15, 0.2) is 23.0 Å². The van der Waals surface area contributed by atoms with Gasteiger partial charge in [-0.2, -0.15) is 4.98 Å². The quantitative estimate of drug-likeness (QED) is 0.192. The number of nitrogens with zero attached hydrogens (tertiary/aromatic N) is 2. The number of carbonyl (C=O) groups is 1. The van der Waals surface area contributed by atoms with E-state index < -0.39 is 5.91 Å². The van der Waals surface area contributed by atoms with Crippen molar-refractivity contribution < 1.29 is 28.5 Å². The summed E-state index contributed by atoms with van der Waals surface area (Å²) in [5.41, 5.74) is 3.33. The summed E-state index contributed by atoms with van der Waals surface area (Å²) < 4.78 is 28.7. The minimum Gasteiger partial charge on any atom is -0.493 e. The third-order valence-electron chi connectivity index (χ3n) is 6.87. The van der Waals surface area contributed by atoms with Crippen LogP contribution in [0.3, 0.4) is 0 Å². The van der Waals surface area contributed by atoms with Gasteiger partial charge in [-0.15, -0.1) is 0 Å². The SMILES string of the molecule is COc1cc(Nc2ncc(C(=O)Nc3c(C)cccc3C)c(Oc3ccccc3OCC3CC3)n2)cc(OC)c1OC. The van der Waals surface area contributed by atoms with Crippen molar-refractivity contribution in [1.82, 2.24) is 9.97 Å². The maximum absolute atomic E-state index is 13.6. The molecule has 0 spiro atoms. The minimum atomic E-state index is -0.405. The zero-order valence-corrected chi connectivity index (χ0v) is 24.3. The number of ether oxygens (including phenoxy) is 5. The Hall–Kier alpha value is -4.99. The molecule has 10 heteroatoms. The summed E-state index contributed by atoms with van der Waals surface area (Å²) in [5, 5.41) is 6.15. The first-order valence-electron chi connectivity index (χ1n) is 13.6. The van der Waals surface area contributed by atoms with Crippen molar-refractivity contribution in [2.45, 2.75) is 26.7 Å². The molecule has 0 unspecified atom stereocenters. The zero-order valence-electron chi connectivity index (χ0n) is 24.3. The number of hydrogen-bond donors (Lipinski definition) is 2. The molecule has 42 heavy (non-hydrogen) atoms. The molecule has 218 valence electrons. The molecular formula is C32H34N4O6. The van der Waals surface area contributed by atoms with Crippen LogP contribution in [0, 0.1) is 19.8 Å². The molecule has 5 rings (SSSR count). The Labute approximate surface area is 245 Å². The van der Waals surface area contributed by atoms with Crippen LogP contribution in [-0.4, -0.2) is 43.8 Å². The number of para-hydroxylation sites is 3. The fraction of sp³-hybridized carbons (Fsp3) is 0.281. The fourth-order valence-corrected chi connectivity index (χ4v) is 4.38. The van der Waals surface area contributed by atoms with Crippen molar-refractivity contribution >= 4 is 23.2 Å². The van der Waals surface area contributed by atoms with Crippen molar-refractivity contribution in [2.24, 2.45) is 5.92 Å². The minimum absolute atomic E-state index is 0.0613. The van der Waals surface area contributed by atoms with Crippen LogP contribution in [0.2, 0.25) is 0 Å².